The summed E-state index contributed by atoms with van der Waals surface area (Å²) in [6, 6.07) is 16.4. The van der Waals surface area contributed by atoms with Gasteiger partial charge in [-0.1, -0.05) is 62.4 Å². The lowest BCUT2D eigenvalue weighted by molar-refractivity contribution is -0.125. The number of rotatable bonds is 10. The molecule has 2 aromatic carbocycles. The van der Waals surface area contributed by atoms with Crippen LogP contribution < -0.4 is 10.6 Å². The van der Waals surface area contributed by atoms with Crippen molar-refractivity contribution in [3.63, 3.8) is 0 Å². The van der Waals surface area contributed by atoms with E-state index in [1.54, 1.807) is 13.1 Å². The molecule has 250 valence electrons. The summed E-state index contributed by atoms with van der Waals surface area (Å²) in [5, 5.41) is 7.11. The van der Waals surface area contributed by atoms with Crippen molar-refractivity contribution in [2.75, 3.05) is 7.05 Å². The minimum atomic E-state index is -0.796. The number of likely N-dealkylation sites (N-methyl/N-ethyl adjacent to an activating group) is 1. The molecule has 7 heteroatoms. The first-order valence-corrected chi connectivity index (χ1v) is 18.0. The standard InChI is InChI=1S/C41H47N3O4/c1-42-37(46)21-18-29-16-14-28(15-17-29)9-7-13-36(45)41(23-5-6-24-41)43-40(47)31-19-20-32-34(27-31)44-25-8-12-35-33(22-26-48-35)39(44)38(32)30-10-3-2-4-11-30/h14-22,26-27,30H,2-13,23-25H2,1H3,(H,42,46)(H,43,47)/b21-18+. The van der Waals surface area contributed by atoms with Crippen LogP contribution in [0.1, 0.15) is 116 Å². The Morgan fingerprint density at radius 3 is 2.52 bits per heavy atom. The molecule has 2 aliphatic carbocycles. The number of carbonyl (C=O) groups is 3. The summed E-state index contributed by atoms with van der Waals surface area (Å²) >= 11 is 0. The van der Waals surface area contributed by atoms with Gasteiger partial charge in [0.2, 0.25) is 5.91 Å². The van der Waals surface area contributed by atoms with Gasteiger partial charge in [-0.05, 0) is 91.8 Å². The molecule has 0 radical (unpaired) electrons. The Balaban J connectivity index is 1.09. The van der Waals surface area contributed by atoms with Gasteiger partial charge in [0.1, 0.15) is 5.76 Å². The average Bonchev–Trinajstić information content (AvgIpc) is 3.84. The molecule has 1 aliphatic heterocycles. The highest BCUT2D eigenvalue weighted by Gasteiger charge is 2.42. The maximum absolute atomic E-state index is 14.0. The molecule has 0 unspecified atom stereocenters. The lowest BCUT2D eigenvalue weighted by Gasteiger charge is -2.29. The average molecular weight is 646 g/mol. The summed E-state index contributed by atoms with van der Waals surface area (Å²) < 4.78 is 8.40. The molecule has 7 rings (SSSR count). The van der Waals surface area contributed by atoms with Crippen LogP contribution in [0.25, 0.3) is 28.2 Å². The third kappa shape index (κ3) is 6.39. The molecule has 7 nitrogen and oxygen atoms in total. The van der Waals surface area contributed by atoms with Crippen LogP contribution in [0.15, 0.2) is 65.3 Å². The second-order valence-corrected chi connectivity index (χ2v) is 14.1. The van der Waals surface area contributed by atoms with Crippen LogP contribution in [0.3, 0.4) is 0 Å². The number of ketones is 1. The van der Waals surface area contributed by atoms with Crippen molar-refractivity contribution in [2.45, 2.75) is 108 Å². The van der Waals surface area contributed by atoms with Gasteiger partial charge in [0, 0.05) is 54.5 Å². The lowest BCUT2D eigenvalue weighted by atomic mass is 9.81. The Hall–Kier alpha value is -4.39. The van der Waals surface area contributed by atoms with E-state index in [0.717, 1.165) is 67.5 Å². The molecular weight excluding hydrogens is 598 g/mol. The number of carbonyl (C=O) groups excluding carboxylic acids is 3. The highest BCUT2D eigenvalue weighted by atomic mass is 16.3. The largest absolute Gasteiger partial charge is 0.469 e. The number of aromatic nitrogens is 1. The van der Waals surface area contributed by atoms with E-state index in [2.05, 4.69) is 33.4 Å². The van der Waals surface area contributed by atoms with Crippen LogP contribution in [0.4, 0.5) is 0 Å². The van der Waals surface area contributed by atoms with Gasteiger partial charge in [-0.15, -0.1) is 0 Å². The molecule has 0 spiro atoms. The van der Waals surface area contributed by atoms with Crippen molar-refractivity contribution < 1.29 is 18.8 Å². The highest BCUT2D eigenvalue weighted by Crippen LogP contribution is 2.46. The van der Waals surface area contributed by atoms with Gasteiger partial charge < -0.3 is 19.6 Å². The number of Topliss-reactive ketones (excluding diaryl/α,β-unsaturated/α-hetero) is 1. The summed E-state index contributed by atoms with van der Waals surface area (Å²) in [7, 11) is 1.61. The molecule has 2 aromatic heterocycles. The van der Waals surface area contributed by atoms with E-state index in [1.165, 1.54) is 60.4 Å². The maximum atomic E-state index is 14.0. The smallest absolute Gasteiger partial charge is 0.252 e. The fourth-order valence-electron chi connectivity index (χ4n) is 8.47. The van der Waals surface area contributed by atoms with Crippen LogP contribution >= 0.6 is 0 Å². The third-order valence-electron chi connectivity index (χ3n) is 11.0. The fraction of sp³-hybridized carbons (Fsp3) is 0.439. The van der Waals surface area contributed by atoms with Crippen LogP contribution in [-0.2, 0) is 29.0 Å². The Morgan fingerprint density at radius 2 is 1.75 bits per heavy atom. The molecule has 3 aliphatic rings. The Labute approximate surface area is 283 Å². The SMILES string of the molecule is CNC(=O)/C=C/c1ccc(CCCC(=O)C2(NC(=O)c3ccc4c(C5CCCCC5)c5n(c4c3)CCCc3occc3-5)CCCC2)cc1. The van der Waals surface area contributed by atoms with E-state index in [1.807, 2.05) is 36.6 Å². The second kappa shape index (κ2) is 14.0. The predicted molar refractivity (Wildman–Crippen MR) is 190 cm³/mol. The number of fused-ring (bicyclic) bond motifs is 5. The molecule has 0 bridgehead atoms. The first-order valence-electron chi connectivity index (χ1n) is 18.0. The number of hydrogen-bond acceptors (Lipinski definition) is 4. The number of furan rings is 1. The van der Waals surface area contributed by atoms with Crippen LogP contribution in [0.5, 0.6) is 0 Å². The Kier molecular flexibility index (Phi) is 9.38. The van der Waals surface area contributed by atoms with Crippen LogP contribution in [-0.4, -0.2) is 34.8 Å². The number of hydrogen-bond donors (Lipinski definition) is 2. The summed E-state index contributed by atoms with van der Waals surface area (Å²) in [6.45, 7) is 0.895. The molecule has 0 saturated heterocycles. The number of amides is 2. The number of nitrogens with one attached hydrogen (secondary N) is 2. The van der Waals surface area contributed by atoms with Crippen molar-refractivity contribution in [1.29, 1.82) is 0 Å². The second-order valence-electron chi connectivity index (χ2n) is 14.1. The number of nitrogens with zero attached hydrogens (tertiary/aromatic N) is 1. The van der Waals surface area contributed by atoms with Crippen molar-refractivity contribution in [2.24, 2.45) is 0 Å². The van der Waals surface area contributed by atoms with Crippen molar-refractivity contribution in [3.8, 4) is 11.3 Å². The topological polar surface area (TPSA) is 93.3 Å². The van der Waals surface area contributed by atoms with Crippen molar-refractivity contribution in [3.05, 3.63) is 88.9 Å². The molecule has 2 fully saturated rings. The van der Waals surface area contributed by atoms with E-state index in [-0.39, 0.29) is 17.6 Å². The highest BCUT2D eigenvalue weighted by molar-refractivity contribution is 6.03. The van der Waals surface area contributed by atoms with Crippen molar-refractivity contribution >= 4 is 34.6 Å². The Morgan fingerprint density at radius 1 is 0.958 bits per heavy atom. The van der Waals surface area contributed by atoms with E-state index in [0.29, 0.717) is 30.7 Å². The molecule has 2 N–H and O–H groups in total. The lowest BCUT2D eigenvalue weighted by Crippen LogP contribution is -2.52. The molecule has 2 saturated carbocycles. The van der Waals surface area contributed by atoms with Gasteiger partial charge in [0.25, 0.3) is 5.91 Å². The summed E-state index contributed by atoms with van der Waals surface area (Å²) in [5.41, 5.74) is 6.98. The van der Waals surface area contributed by atoms with Gasteiger partial charge in [-0.2, -0.15) is 0 Å². The molecule has 0 atom stereocenters. The monoisotopic (exact) mass is 645 g/mol. The maximum Gasteiger partial charge on any atom is 0.252 e. The molecule has 48 heavy (non-hydrogen) atoms. The zero-order valence-electron chi connectivity index (χ0n) is 28.1. The van der Waals surface area contributed by atoms with Gasteiger partial charge in [0.15, 0.2) is 5.78 Å². The van der Waals surface area contributed by atoms with Gasteiger partial charge in [-0.3, -0.25) is 14.4 Å². The molecular formula is C41H47N3O4. The zero-order valence-corrected chi connectivity index (χ0v) is 28.1. The zero-order chi connectivity index (χ0) is 33.1. The number of benzene rings is 2. The quantitative estimate of drug-likeness (QED) is 0.170. The fourth-order valence-corrected chi connectivity index (χ4v) is 8.47. The first kappa shape index (κ1) is 32.2. The van der Waals surface area contributed by atoms with E-state index in [4.69, 9.17) is 4.42 Å². The minimum absolute atomic E-state index is 0.137. The summed E-state index contributed by atoms with van der Waals surface area (Å²) in [5.74, 6) is 1.44. The van der Waals surface area contributed by atoms with Gasteiger partial charge >= 0.3 is 0 Å². The van der Waals surface area contributed by atoms with Crippen LogP contribution in [0.2, 0.25) is 0 Å². The number of aryl methyl sites for hydroxylation is 3. The predicted octanol–water partition coefficient (Wildman–Crippen LogP) is 8.29. The first-order chi connectivity index (χ1) is 23.5. The molecule has 4 aromatic rings. The van der Waals surface area contributed by atoms with Crippen molar-refractivity contribution in [1.82, 2.24) is 15.2 Å². The normalized spacial score (nSPS) is 17.6. The van der Waals surface area contributed by atoms with Crippen LogP contribution in [0, 0.1) is 0 Å². The molecule has 3 heterocycles. The Bertz CT molecular complexity index is 1830. The summed E-state index contributed by atoms with van der Waals surface area (Å²) in [6.07, 6.45) is 18.5. The third-order valence-corrected chi connectivity index (χ3v) is 11.0. The van der Waals surface area contributed by atoms with E-state index in [9.17, 15) is 14.4 Å². The van der Waals surface area contributed by atoms with E-state index >= 15 is 0 Å². The summed E-state index contributed by atoms with van der Waals surface area (Å²) in [4.78, 5) is 39.3. The van der Waals surface area contributed by atoms with Gasteiger partial charge in [-0.25, -0.2) is 0 Å². The van der Waals surface area contributed by atoms with Gasteiger partial charge in [0.05, 0.1) is 17.5 Å². The van der Waals surface area contributed by atoms with E-state index < -0.39 is 5.54 Å². The minimum Gasteiger partial charge on any atom is -0.469 e. The molecule has 2 amide bonds.